The zero-order valence-electron chi connectivity index (χ0n) is 19.9. The summed E-state index contributed by atoms with van der Waals surface area (Å²) in [6, 6.07) is 26.1. The average molecular weight is 478 g/mol. The van der Waals surface area contributed by atoms with Crippen molar-refractivity contribution in [1.29, 1.82) is 0 Å². The van der Waals surface area contributed by atoms with E-state index in [9.17, 15) is 14.7 Å². The minimum Gasteiger partial charge on any atom is -0.476 e. The van der Waals surface area contributed by atoms with E-state index in [1.54, 1.807) is 30.3 Å². The number of carbonyl (C=O) groups excluding carboxylic acids is 1. The van der Waals surface area contributed by atoms with Crippen LogP contribution in [0.15, 0.2) is 89.5 Å². The summed E-state index contributed by atoms with van der Waals surface area (Å²) in [4.78, 5) is 27.7. The maximum atomic E-state index is 13.2. The minimum absolute atomic E-state index is 0.0950. The maximum absolute atomic E-state index is 13.2. The van der Waals surface area contributed by atoms with Crippen LogP contribution in [0.3, 0.4) is 0 Å². The Morgan fingerprint density at radius 2 is 1.61 bits per heavy atom. The Labute approximate surface area is 210 Å². The zero-order chi connectivity index (χ0) is 24.6. The van der Waals surface area contributed by atoms with Crippen molar-refractivity contribution in [2.45, 2.75) is 38.1 Å². The third-order valence-corrected chi connectivity index (χ3v) is 7.47. The smallest absolute Gasteiger partial charge is 0.357 e. The second-order valence-electron chi connectivity index (χ2n) is 9.67. The maximum Gasteiger partial charge on any atom is 0.357 e. The summed E-state index contributed by atoms with van der Waals surface area (Å²) in [5.41, 5.74) is 4.83. The molecule has 2 atom stereocenters. The molecule has 0 radical (unpaired) electrons. The highest BCUT2D eigenvalue weighted by atomic mass is 16.4. The lowest BCUT2D eigenvalue weighted by Crippen LogP contribution is -2.44. The van der Waals surface area contributed by atoms with Gasteiger partial charge in [-0.2, -0.15) is 10.1 Å². The predicted octanol–water partition coefficient (Wildman–Crippen LogP) is 5.81. The van der Waals surface area contributed by atoms with E-state index in [0.717, 1.165) is 17.0 Å². The van der Waals surface area contributed by atoms with Crippen LogP contribution in [0.4, 0.5) is 17.1 Å². The Bertz CT molecular complexity index is 1380. The number of benzene rings is 3. The predicted molar refractivity (Wildman–Crippen MR) is 141 cm³/mol. The lowest BCUT2D eigenvalue weighted by Gasteiger charge is -2.46. The molecule has 0 spiro atoms. The van der Waals surface area contributed by atoms with E-state index in [1.165, 1.54) is 42.6 Å². The van der Waals surface area contributed by atoms with Crippen LogP contribution in [0.1, 0.15) is 36.8 Å². The quantitative estimate of drug-likeness (QED) is 0.481. The summed E-state index contributed by atoms with van der Waals surface area (Å²) in [5, 5.41) is 15.1. The van der Waals surface area contributed by atoms with Gasteiger partial charge < -0.3 is 10.0 Å². The van der Waals surface area contributed by atoms with Crippen molar-refractivity contribution >= 4 is 40.7 Å². The molecular formula is C30H27N3O3. The van der Waals surface area contributed by atoms with Crippen molar-refractivity contribution in [2.24, 2.45) is 11.0 Å². The van der Waals surface area contributed by atoms with Gasteiger partial charge in [-0.15, -0.1) is 0 Å². The van der Waals surface area contributed by atoms with Crippen LogP contribution in [0.5, 0.6) is 0 Å². The molecule has 2 heterocycles. The van der Waals surface area contributed by atoms with Crippen LogP contribution in [-0.2, 0) is 16.0 Å². The first-order valence-corrected chi connectivity index (χ1v) is 12.5. The molecule has 1 amide bonds. The lowest BCUT2D eigenvalue weighted by molar-refractivity contribution is -0.129. The highest BCUT2D eigenvalue weighted by Gasteiger charge is 2.37. The summed E-state index contributed by atoms with van der Waals surface area (Å²) in [7, 11) is 0. The molecule has 36 heavy (non-hydrogen) atoms. The molecule has 2 unspecified atom stereocenters. The molecule has 6 rings (SSSR count). The van der Waals surface area contributed by atoms with E-state index in [-0.39, 0.29) is 11.3 Å². The van der Waals surface area contributed by atoms with Crippen LogP contribution < -0.4 is 9.91 Å². The summed E-state index contributed by atoms with van der Waals surface area (Å²) in [6.07, 6.45) is 7.56. The van der Waals surface area contributed by atoms with E-state index in [1.807, 2.05) is 18.2 Å². The van der Waals surface area contributed by atoms with Crippen molar-refractivity contribution in [3.8, 4) is 0 Å². The van der Waals surface area contributed by atoms with Crippen LogP contribution >= 0.6 is 0 Å². The molecular weight excluding hydrogens is 450 g/mol. The van der Waals surface area contributed by atoms with E-state index >= 15 is 0 Å². The van der Waals surface area contributed by atoms with Crippen LogP contribution in [-0.4, -0.2) is 28.7 Å². The van der Waals surface area contributed by atoms with Gasteiger partial charge in [0.05, 0.1) is 11.3 Å². The van der Waals surface area contributed by atoms with E-state index < -0.39 is 11.9 Å². The number of hydrazone groups is 1. The van der Waals surface area contributed by atoms with Crippen LogP contribution in [0.2, 0.25) is 0 Å². The first-order chi connectivity index (χ1) is 17.6. The minimum atomic E-state index is -1.22. The number of rotatable bonds is 4. The topological polar surface area (TPSA) is 73.2 Å². The molecule has 6 nitrogen and oxygen atoms in total. The Balaban J connectivity index is 1.39. The standard InChI is InChI=1S/C30H27N3O3/c34-29-25(28(30(35)36)31-33(29)24-12-5-2-6-13-24)18-20-15-16-27-22(17-20)19-21-9-7-8-14-26(21)32(27)23-10-3-1-4-11-23/h1-6,10-13,15-18,21,26H,7-9,14,19H2,(H,35,36)/b25-18-. The van der Waals surface area contributed by atoms with Crippen LogP contribution in [0, 0.1) is 5.92 Å². The largest absolute Gasteiger partial charge is 0.476 e. The Morgan fingerprint density at radius 3 is 2.33 bits per heavy atom. The number of amides is 1. The van der Waals surface area contributed by atoms with Gasteiger partial charge in [0, 0.05) is 17.4 Å². The number of hydrogen-bond donors (Lipinski definition) is 1. The molecule has 1 fully saturated rings. The molecule has 1 saturated carbocycles. The Morgan fingerprint density at radius 1 is 0.917 bits per heavy atom. The van der Waals surface area contributed by atoms with Gasteiger partial charge in [0.15, 0.2) is 5.71 Å². The molecule has 0 bridgehead atoms. The highest BCUT2D eigenvalue weighted by Crippen LogP contribution is 2.45. The van der Waals surface area contributed by atoms with E-state index in [4.69, 9.17) is 0 Å². The molecule has 3 aromatic rings. The number of hydrogen-bond acceptors (Lipinski definition) is 4. The summed E-state index contributed by atoms with van der Waals surface area (Å²) in [5.74, 6) is -1.08. The molecule has 1 N–H and O–H groups in total. The molecule has 6 heteroatoms. The highest BCUT2D eigenvalue weighted by molar-refractivity contribution is 6.53. The van der Waals surface area contributed by atoms with Gasteiger partial charge in [-0.25, -0.2) is 4.79 Å². The number of carboxylic acids is 1. The van der Waals surface area contributed by atoms with E-state index in [0.29, 0.717) is 17.6 Å². The number of fused-ring (bicyclic) bond motifs is 2. The molecule has 0 saturated heterocycles. The van der Waals surface area contributed by atoms with Gasteiger partial charge in [0.1, 0.15) is 0 Å². The first-order valence-electron chi connectivity index (χ1n) is 12.5. The third-order valence-electron chi connectivity index (χ3n) is 7.47. The summed E-state index contributed by atoms with van der Waals surface area (Å²) < 4.78 is 0. The second kappa shape index (κ2) is 9.11. The first kappa shape index (κ1) is 22.3. The number of carboxylic acid groups (broad SMARTS) is 1. The number of nitrogens with zero attached hydrogens (tertiary/aromatic N) is 3. The number of carbonyl (C=O) groups is 2. The van der Waals surface area contributed by atoms with Crippen molar-refractivity contribution in [3.63, 3.8) is 0 Å². The molecule has 1 aliphatic carbocycles. The van der Waals surface area contributed by atoms with Gasteiger partial charge in [0.2, 0.25) is 0 Å². The molecule has 3 aliphatic rings. The number of anilines is 3. The number of para-hydroxylation sites is 2. The fourth-order valence-corrected chi connectivity index (χ4v) is 5.85. The average Bonchev–Trinajstić information content (AvgIpc) is 3.24. The second-order valence-corrected chi connectivity index (χ2v) is 9.67. The molecule has 180 valence electrons. The van der Waals surface area contributed by atoms with Gasteiger partial charge >= 0.3 is 5.97 Å². The van der Waals surface area contributed by atoms with Crippen molar-refractivity contribution in [3.05, 3.63) is 95.6 Å². The monoisotopic (exact) mass is 477 g/mol. The van der Waals surface area contributed by atoms with Crippen molar-refractivity contribution in [2.75, 3.05) is 9.91 Å². The van der Waals surface area contributed by atoms with Crippen molar-refractivity contribution < 1.29 is 14.7 Å². The molecule has 3 aromatic carbocycles. The fraction of sp³-hybridized carbons (Fsp3) is 0.233. The normalized spacial score (nSPS) is 22.3. The molecule has 2 aliphatic heterocycles. The van der Waals surface area contributed by atoms with Gasteiger partial charge in [-0.3, -0.25) is 4.79 Å². The van der Waals surface area contributed by atoms with Gasteiger partial charge in [0.25, 0.3) is 5.91 Å². The third kappa shape index (κ3) is 3.88. The zero-order valence-corrected chi connectivity index (χ0v) is 19.9. The van der Waals surface area contributed by atoms with Gasteiger partial charge in [-0.05, 0) is 78.8 Å². The number of aliphatic carboxylic acids is 1. The SMILES string of the molecule is O=C(O)C1=NN(c2ccccc2)C(=O)/C1=C\c1ccc2c(c1)CC1CCCCC1N2c1ccccc1. The summed E-state index contributed by atoms with van der Waals surface area (Å²) in [6.45, 7) is 0. The van der Waals surface area contributed by atoms with Crippen molar-refractivity contribution in [1.82, 2.24) is 0 Å². The van der Waals surface area contributed by atoms with E-state index in [2.05, 4.69) is 46.4 Å². The Kier molecular flexibility index (Phi) is 5.64. The Hall–Kier alpha value is -4.19. The molecule has 0 aromatic heterocycles. The summed E-state index contributed by atoms with van der Waals surface area (Å²) >= 11 is 0. The van der Waals surface area contributed by atoms with Crippen LogP contribution in [0.25, 0.3) is 6.08 Å². The lowest BCUT2D eigenvalue weighted by atomic mass is 9.76. The fourth-order valence-electron chi connectivity index (χ4n) is 5.85. The van der Waals surface area contributed by atoms with Gasteiger partial charge in [-0.1, -0.05) is 55.3 Å².